The molecule has 0 radical (unpaired) electrons. The van der Waals surface area contributed by atoms with Crippen LogP contribution in [0.1, 0.15) is 0 Å². The highest BCUT2D eigenvalue weighted by molar-refractivity contribution is 6.35. The third kappa shape index (κ3) is 10.5. The molecule has 0 N–H and O–H groups in total. The quantitative estimate of drug-likeness (QED) is 0.105. The van der Waals surface area contributed by atoms with E-state index < -0.39 is 0 Å². The van der Waals surface area contributed by atoms with Crippen molar-refractivity contribution in [1.29, 1.82) is 0 Å². The molecule has 0 heterocycles. The summed E-state index contributed by atoms with van der Waals surface area (Å²) in [7, 11) is 0. The van der Waals surface area contributed by atoms with E-state index >= 15 is 0 Å². The van der Waals surface area contributed by atoms with E-state index in [9.17, 15) is 0 Å². The minimum absolute atomic E-state index is 1.21. The highest BCUT2D eigenvalue weighted by atomic mass is 14.2. The predicted molar refractivity (Wildman–Crippen MR) is 449 cm³/mol. The van der Waals surface area contributed by atoms with Gasteiger partial charge in [0, 0.05) is 0 Å². The van der Waals surface area contributed by atoms with Crippen molar-refractivity contribution in [2.75, 3.05) is 0 Å². The highest BCUT2D eigenvalue weighted by Gasteiger charge is 2.20. The molecule has 0 bridgehead atoms. The Kier molecular flexibility index (Phi) is 14.7. The molecule has 21 aromatic rings. The van der Waals surface area contributed by atoms with Gasteiger partial charge in [0.15, 0.2) is 0 Å². The zero-order valence-electron chi connectivity index (χ0n) is 57.1. The molecule has 21 aromatic carbocycles. The Labute approximate surface area is 603 Å². The molecule has 21 rings (SSSR count). The second-order valence-corrected chi connectivity index (χ2v) is 27.7. The van der Waals surface area contributed by atoms with Crippen LogP contribution in [-0.2, 0) is 0 Å². The lowest BCUT2D eigenvalue weighted by Crippen LogP contribution is -1.90. The largest absolute Gasteiger partial charge is 0.0622 e. The first-order valence-corrected chi connectivity index (χ1v) is 36.1. The molecule has 0 saturated heterocycles. The Morgan fingerprint density at radius 3 is 0.788 bits per heavy atom. The van der Waals surface area contributed by atoms with Crippen molar-refractivity contribution in [3.63, 3.8) is 0 Å². The van der Waals surface area contributed by atoms with Crippen molar-refractivity contribution >= 4 is 118 Å². The van der Waals surface area contributed by atoms with Crippen LogP contribution in [0.2, 0.25) is 0 Å². The SMILES string of the molecule is c1ccc(-c2cccc(-c3cc(-c4ccccc4)c4ccc(-c5cc6c7ccccc7c7cc8ccccc8cc7c6c6ccccc56)cc4c3)c2)cc1.c1ccc(-c2cccc(-c3cc(-c4ccccc4)c4ccc(-c5cc6c7ccccc7c7ccccc7c6c6ccccc56)cc4c3)c2)cc1. The Morgan fingerprint density at radius 2 is 0.365 bits per heavy atom. The maximum atomic E-state index is 2.46. The van der Waals surface area contributed by atoms with Gasteiger partial charge in [-0.25, -0.2) is 0 Å². The van der Waals surface area contributed by atoms with E-state index in [1.165, 1.54) is 208 Å². The van der Waals surface area contributed by atoms with Crippen LogP contribution in [0.3, 0.4) is 0 Å². The van der Waals surface area contributed by atoms with Crippen LogP contribution < -0.4 is 0 Å². The summed E-state index contributed by atoms with van der Waals surface area (Å²) in [6.45, 7) is 0. The smallest absolute Gasteiger partial charge is 0.00197 e. The Bertz CT molecular complexity index is 6990. The number of fused-ring (bicyclic) bond motifs is 19. The molecular formula is C104H66. The average Bonchev–Trinajstić information content (AvgIpc) is 0.721. The van der Waals surface area contributed by atoms with Gasteiger partial charge >= 0.3 is 0 Å². The molecular weight excluding hydrogens is 1250 g/mol. The molecule has 0 atom stereocenters. The fraction of sp³-hybridized carbons (Fsp3) is 0. The molecule has 0 spiro atoms. The predicted octanol–water partition coefficient (Wildman–Crippen LogP) is 29.4. The van der Waals surface area contributed by atoms with Gasteiger partial charge in [-0.15, -0.1) is 0 Å². The van der Waals surface area contributed by atoms with Gasteiger partial charge in [-0.3, -0.25) is 0 Å². The lowest BCUT2D eigenvalue weighted by molar-refractivity contribution is 1.59. The van der Waals surface area contributed by atoms with Crippen LogP contribution >= 0.6 is 0 Å². The first-order chi connectivity index (χ1) is 51.6. The van der Waals surface area contributed by atoms with Gasteiger partial charge in [0.05, 0.1) is 0 Å². The maximum Gasteiger partial charge on any atom is -0.00197 e. The Morgan fingerprint density at radius 1 is 0.0962 bits per heavy atom. The summed E-state index contributed by atoms with van der Waals surface area (Å²) in [6, 6.07) is 147. The van der Waals surface area contributed by atoms with Gasteiger partial charge in [-0.05, 0) is 280 Å². The summed E-state index contributed by atoms with van der Waals surface area (Å²) in [6.07, 6.45) is 0. The zero-order chi connectivity index (χ0) is 68.6. The monoisotopic (exact) mass is 1310 g/mol. The van der Waals surface area contributed by atoms with Gasteiger partial charge in [0.2, 0.25) is 0 Å². The molecule has 0 unspecified atom stereocenters. The average molecular weight is 1320 g/mol. The summed E-state index contributed by atoms with van der Waals surface area (Å²) in [5.74, 6) is 0. The van der Waals surface area contributed by atoms with Crippen molar-refractivity contribution < 1.29 is 0 Å². The van der Waals surface area contributed by atoms with Crippen LogP contribution in [0.25, 0.3) is 208 Å². The molecule has 0 nitrogen and oxygen atoms in total. The van der Waals surface area contributed by atoms with E-state index in [1.54, 1.807) is 0 Å². The molecule has 482 valence electrons. The van der Waals surface area contributed by atoms with Crippen LogP contribution in [0, 0.1) is 0 Å². The van der Waals surface area contributed by atoms with E-state index in [4.69, 9.17) is 0 Å². The molecule has 0 fully saturated rings. The van der Waals surface area contributed by atoms with Crippen molar-refractivity contribution in [1.82, 2.24) is 0 Å². The van der Waals surface area contributed by atoms with E-state index in [2.05, 4.69) is 400 Å². The summed E-state index contributed by atoms with van der Waals surface area (Å²) in [5, 5.41) is 28.2. The number of rotatable bonds is 8. The number of hydrogen-bond acceptors (Lipinski definition) is 0. The van der Waals surface area contributed by atoms with Crippen LogP contribution in [0.4, 0.5) is 0 Å². The Balaban J connectivity index is 0.000000139. The van der Waals surface area contributed by atoms with Gasteiger partial charge in [-0.1, -0.05) is 328 Å². The molecule has 0 saturated carbocycles. The summed E-state index contributed by atoms with van der Waals surface area (Å²) in [5.41, 5.74) is 19.6. The zero-order valence-corrected chi connectivity index (χ0v) is 57.1. The fourth-order valence-electron chi connectivity index (χ4n) is 16.9. The molecule has 0 amide bonds. The molecule has 0 heteroatoms. The molecule has 0 aliphatic rings. The van der Waals surface area contributed by atoms with E-state index in [1.807, 2.05) is 0 Å². The number of benzene rings is 21. The van der Waals surface area contributed by atoms with Crippen molar-refractivity contribution in [2.45, 2.75) is 0 Å². The van der Waals surface area contributed by atoms with Crippen LogP contribution in [0.15, 0.2) is 400 Å². The molecule has 0 aliphatic carbocycles. The van der Waals surface area contributed by atoms with E-state index in [0.717, 1.165) is 0 Å². The standard InChI is InChI=1S/C54H34.C50H32/c1-3-14-35(15-4-1)37-20-13-21-38(28-37)42-30-43-29-41(26-27-44(43)49(33-42)36-16-5-2-6-17-36)50-34-53-46-23-10-9-22-45(46)51-31-39-18-7-8-19-40(39)32-52(51)54(53)48-25-12-11-24-47(48)50;1-3-14-33(15-4-1)35-18-13-19-36(28-35)38-30-39-29-37(26-27-40(39)47(31-38)34-16-5-2-6-17-34)48-32-49-43-22-8-7-20-41(43)42-21-9-11-24-45(42)50(49)46-25-12-10-23-44(46)48/h1-34H;1-32H. The summed E-state index contributed by atoms with van der Waals surface area (Å²) in [4.78, 5) is 0. The van der Waals surface area contributed by atoms with Gasteiger partial charge in [0.1, 0.15) is 0 Å². The van der Waals surface area contributed by atoms with Crippen molar-refractivity contribution in [2.24, 2.45) is 0 Å². The van der Waals surface area contributed by atoms with Crippen LogP contribution in [0.5, 0.6) is 0 Å². The highest BCUT2D eigenvalue weighted by Crippen LogP contribution is 2.48. The van der Waals surface area contributed by atoms with Crippen molar-refractivity contribution in [3.8, 4) is 89.0 Å². The lowest BCUT2D eigenvalue weighted by Gasteiger charge is -2.18. The van der Waals surface area contributed by atoms with Crippen LogP contribution in [-0.4, -0.2) is 0 Å². The van der Waals surface area contributed by atoms with E-state index in [-0.39, 0.29) is 0 Å². The number of hydrogen-bond donors (Lipinski definition) is 0. The normalized spacial score (nSPS) is 11.7. The fourth-order valence-corrected chi connectivity index (χ4v) is 16.9. The third-order valence-corrected chi connectivity index (χ3v) is 21.8. The maximum absolute atomic E-state index is 2.46. The Hall–Kier alpha value is -13.5. The van der Waals surface area contributed by atoms with E-state index in [0.29, 0.717) is 0 Å². The van der Waals surface area contributed by atoms with Gasteiger partial charge in [-0.2, -0.15) is 0 Å². The molecule has 104 heavy (non-hydrogen) atoms. The van der Waals surface area contributed by atoms with Gasteiger partial charge in [0.25, 0.3) is 0 Å². The van der Waals surface area contributed by atoms with Crippen molar-refractivity contribution in [3.05, 3.63) is 400 Å². The minimum Gasteiger partial charge on any atom is -0.0622 e. The second-order valence-electron chi connectivity index (χ2n) is 27.7. The first-order valence-electron chi connectivity index (χ1n) is 36.1. The molecule has 0 aromatic heterocycles. The molecule has 0 aliphatic heterocycles. The lowest BCUT2D eigenvalue weighted by atomic mass is 9.86. The minimum atomic E-state index is 1.21. The summed E-state index contributed by atoms with van der Waals surface area (Å²) >= 11 is 0. The van der Waals surface area contributed by atoms with Gasteiger partial charge < -0.3 is 0 Å². The topological polar surface area (TPSA) is 0 Å². The summed E-state index contributed by atoms with van der Waals surface area (Å²) < 4.78 is 0. The second kappa shape index (κ2) is 25.3. The third-order valence-electron chi connectivity index (χ3n) is 21.8. The first kappa shape index (κ1) is 60.4.